The van der Waals surface area contributed by atoms with Crippen LogP contribution in [0.1, 0.15) is 29.3 Å². The molecule has 0 bridgehead atoms. The van der Waals surface area contributed by atoms with Crippen molar-refractivity contribution in [3.63, 3.8) is 0 Å². The molecule has 68 valence electrons. The molecule has 1 atom stereocenters. The monoisotopic (exact) mass is 178 g/mol. The Kier molecular flexibility index (Phi) is 1.91. The van der Waals surface area contributed by atoms with Crippen molar-refractivity contribution in [3.05, 3.63) is 35.1 Å². The van der Waals surface area contributed by atoms with Gasteiger partial charge < -0.3 is 0 Å². The summed E-state index contributed by atoms with van der Waals surface area (Å²) in [4.78, 5) is 11.6. The first-order valence-electron chi connectivity index (χ1n) is 4.51. The van der Waals surface area contributed by atoms with E-state index in [-0.39, 0.29) is 17.5 Å². The fraction of sp³-hybridized carbons (Fsp3) is 0.364. The number of fused-ring (bicyclic) bond motifs is 1. The van der Waals surface area contributed by atoms with Crippen molar-refractivity contribution in [1.82, 2.24) is 0 Å². The summed E-state index contributed by atoms with van der Waals surface area (Å²) in [7, 11) is 0. The third-order valence-corrected chi connectivity index (χ3v) is 2.63. The highest BCUT2D eigenvalue weighted by atomic mass is 19.1. The molecule has 0 radical (unpaired) electrons. The Morgan fingerprint density at radius 1 is 1.46 bits per heavy atom. The average molecular weight is 178 g/mol. The van der Waals surface area contributed by atoms with E-state index in [0.29, 0.717) is 5.56 Å². The van der Waals surface area contributed by atoms with Crippen molar-refractivity contribution in [2.45, 2.75) is 19.8 Å². The number of carbonyl (C=O) groups is 1. The Morgan fingerprint density at radius 2 is 2.23 bits per heavy atom. The van der Waals surface area contributed by atoms with E-state index in [1.165, 1.54) is 12.1 Å². The van der Waals surface area contributed by atoms with Crippen molar-refractivity contribution in [2.75, 3.05) is 0 Å². The predicted octanol–water partition coefficient (Wildman–Crippen LogP) is 2.59. The third-order valence-electron chi connectivity index (χ3n) is 2.63. The number of carbonyl (C=O) groups excluding carboxylic acids is 1. The Balaban J connectivity index is 2.50. The molecule has 2 heteroatoms. The zero-order chi connectivity index (χ0) is 9.42. The van der Waals surface area contributed by atoms with Crippen LogP contribution >= 0.6 is 0 Å². The lowest BCUT2D eigenvalue weighted by Crippen LogP contribution is -2.19. The molecular weight excluding hydrogens is 167 g/mol. The van der Waals surface area contributed by atoms with Crippen LogP contribution < -0.4 is 0 Å². The molecule has 1 aromatic carbocycles. The van der Waals surface area contributed by atoms with E-state index < -0.39 is 0 Å². The molecule has 0 saturated carbocycles. The van der Waals surface area contributed by atoms with E-state index in [2.05, 4.69) is 0 Å². The first-order valence-corrected chi connectivity index (χ1v) is 4.51. The van der Waals surface area contributed by atoms with Crippen LogP contribution in [0.15, 0.2) is 18.2 Å². The van der Waals surface area contributed by atoms with Crippen molar-refractivity contribution in [2.24, 2.45) is 5.92 Å². The maximum absolute atomic E-state index is 12.8. The first kappa shape index (κ1) is 8.42. The topological polar surface area (TPSA) is 17.1 Å². The van der Waals surface area contributed by atoms with E-state index in [9.17, 15) is 9.18 Å². The number of rotatable bonds is 0. The molecule has 1 aromatic rings. The van der Waals surface area contributed by atoms with E-state index >= 15 is 0 Å². The van der Waals surface area contributed by atoms with Crippen LogP contribution in [0.4, 0.5) is 4.39 Å². The first-order chi connectivity index (χ1) is 6.18. The molecule has 0 aliphatic heterocycles. The minimum Gasteiger partial charge on any atom is -0.294 e. The number of benzene rings is 1. The van der Waals surface area contributed by atoms with Gasteiger partial charge in [0.25, 0.3) is 0 Å². The Bertz CT molecular complexity index is 357. The molecule has 1 unspecified atom stereocenters. The lowest BCUT2D eigenvalue weighted by Gasteiger charge is -2.19. The summed E-state index contributed by atoms with van der Waals surface area (Å²) in [5.74, 6) is 0.000291. The van der Waals surface area contributed by atoms with Gasteiger partial charge in [0.05, 0.1) is 0 Å². The van der Waals surface area contributed by atoms with Crippen LogP contribution in [0, 0.1) is 11.7 Å². The van der Waals surface area contributed by atoms with Gasteiger partial charge in [-0.05, 0) is 36.6 Å². The van der Waals surface area contributed by atoms with E-state index in [4.69, 9.17) is 0 Å². The van der Waals surface area contributed by atoms with Gasteiger partial charge in [-0.1, -0.05) is 6.92 Å². The van der Waals surface area contributed by atoms with Gasteiger partial charge in [0.2, 0.25) is 0 Å². The third kappa shape index (κ3) is 1.37. The molecule has 1 aliphatic rings. The molecule has 0 heterocycles. The van der Waals surface area contributed by atoms with Gasteiger partial charge in [-0.15, -0.1) is 0 Å². The molecule has 13 heavy (non-hydrogen) atoms. The fourth-order valence-electron chi connectivity index (χ4n) is 1.78. The Labute approximate surface area is 76.6 Å². The van der Waals surface area contributed by atoms with Gasteiger partial charge in [0.1, 0.15) is 5.82 Å². The van der Waals surface area contributed by atoms with E-state index in [1.807, 2.05) is 6.92 Å². The van der Waals surface area contributed by atoms with Crippen LogP contribution in [0.25, 0.3) is 0 Å². The maximum Gasteiger partial charge on any atom is 0.165 e. The molecule has 0 amide bonds. The molecular formula is C11H11FO. The molecule has 0 fully saturated rings. The number of hydrogen-bond acceptors (Lipinski definition) is 1. The second-order valence-electron chi connectivity index (χ2n) is 3.61. The van der Waals surface area contributed by atoms with Gasteiger partial charge in [-0.2, -0.15) is 0 Å². The Hall–Kier alpha value is -1.18. The summed E-state index contributed by atoms with van der Waals surface area (Å²) in [6.45, 7) is 1.93. The normalized spacial score (nSPS) is 21.4. The molecule has 0 aromatic heterocycles. The molecule has 0 saturated heterocycles. The van der Waals surface area contributed by atoms with Crippen molar-refractivity contribution < 1.29 is 9.18 Å². The maximum atomic E-state index is 12.8. The van der Waals surface area contributed by atoms with Crippen molar-refractivity contribution in [3.8, 4) is 0 Å². The van der Waals surface area contributed by atoms with Crippen LogP contribution in [0.2, 0.25) is 0 Å². The highest BCUT2D eigenvalue weighted by molar-refractivity contribution is 5.99. The van der Waals surface area contributed by atoms with Gasteiger partial charge in [-0.25, -0.2) is 4.39 Å². The largest absolute Gasteiger partial charge is 0.294 e. The lowest BCUT2D eigenvalue weighted by molar-refractivity contribution is 0.0913. The van der Waals surface area contributed by atoms with Crippen LogP contribution in [0.5, 0.6) is 0 Å². The summed E-state index contributed by atoms with van der Waals surface area (Å²) < 4.78 is 12.8. The van der Waals surface area contributed by atoms with Crippen molar-refractivity contribution >= 4 is 5.78 Å². The van der Waals surface area contributed by atoms with Gasteiger partial charge in [-0.3, -0.25) is 4.79 Å². The Morgan fingerprint density at radius 3 is 3.00 bits per heavy atom. The number of aryl methyl sites for hydroxylation is 1. The standard InChI is InChI=1S/C11H11FO/c1-7-2-3-8-6-9(12)4-5-10(8)11(7)13/h4-7H,2-3H2,1H3. The van der Waals surface area contributed by atoms with Gasteiger partial charge in [0, 0.05) is 11.5 Å². The van der Waals surface area contributed by atoms with Crippen LogP contribution in [-0.4, -0.2) is 5.78 Å². The quantitative estimate of drug-likeness (QED) is 0.596. The number of ketones is 1. The molecule has 1 aliphatic carbocycles. The minimum absolute atomic E-state index is 0.0953. The van der Waals surface area contributed by atoms with Gasteiger partial charge in [0.15, 0.2) is 5.78 Å². The van der Waals surface area contributed by atoms with Crippen LogP contribution in [0.3, 0.4) is 0 Å². The summed E-state index contributed by atoms with van der Waals surface area (Å²) in [5, 5.41) is 0. The number of halogens is 1. The zero-order valence-corrected chi connectivity index (χ0v) is 7.51. The predicted molar refractivity (Wildman–Crippen MR) is 48.2 cm³/mol. The highest BCUT2D eigenvalue weighted by Gasteiger charge is 2.23. The smallest absolute Gasteiger partial charge is 0.165 e. The highest BCUT2D eigenvalue weighted by Crippen LogP contribution is 2.25. The average Bonchev–Trinajstić information content (AvgIpc) is 2.12. The molecule has 2 rings (SSSR count). The molecule has 0 N–H and O–H groups in total. The SMILES string of the molecule is CC1CCc2cc(F)ccc2C1=O. The second kappa shape index (κ2) is 2.95. The zero-order valence-electron chi connectivity index (χ0n) is 7.51. The van der Waals surface area contributed by atoms with E-state index in [1.54, 1.807) is 6.07 Å². The molecule has 1 nitrogen and oxygen atoms in total. The molecule has 0 spiro atoms. The van der Waals surface area contributed by atoms with Crippen molar-refractivity contribution in [1.29, 1.82) is 0 Å². The van der Waals surface area contributed by atoms with E-state index in [0.717, 1.165) is 18.4 Å². The minimum atomic E-state index is -0.249. The summed E-state index contributed by atoms with van der Waals surface area (Å²) in [6, 6.07) is 4.43. The number of Topliss-reactive ketones (excluding diaryl/α,β-unsaturated/α-hetero) is 1. The lowest BCUT2D eigenvalue weighted by atomic mass is 9.84. The summed E-state index contributed by atoms with van der Waals surface area (Å²) >= 11 is 0. The summed E-state index contributed by atoms with van der Waals surface area (Å²) in [6.07, 6.45) is 1.66. The summed E-state index contributed by atoms with van der Waals surface area (Å²) in [5.41, 5.74) is 1.57. The second-order valence-corrected chi connectivity index (χ2v) is 3.61. The fourth-order valence-corrected chi connectivity index (χ4v) is 1.78. The number of hydrogen-bond donors (Lipinski definition) is 0. The van der Waals surface area contributed by atoms with Crippen LogP contribution in [-0.2, 0) is 6.42 Å². The van der Waals surface area contributed by atoms with Gasteiger partial charge >= 0.3 is 0 Å².